The van der Waals surface area contributed by atoms with Gasteiger partial charge in [-0.05, 0) is 11.8 Å². The van der Waals surface area contributed by atoms with Crippen LogP contribution in [0.2, 0.25) is 0 Å². The number of aromatic nitrogens is 2. The molecule has 0 amide bonds. The Labute approximate surface area is 125 Å². The SMILES string of the molecule is Cc1nnc([C@H]2CN(S(=O)(=O)CCC(C)(C)C)CCO2)o1. The molecule has 0 unspecified atom stereocenters. The highest BCUT2D eigenvalue weighted by Crippen LogP contribution is 2.25. The number of sulfonamides is 1. The smallest absolute Gasteiger partial charge is 0.246 e. The Morgan fingerprint density at radius 1 is 1.33 bits per heavy atom. The average Bonchev–Trinajstić information content (AvgIpc) is 2.83. The summed E-state index contributed by atoms with van der Waals surface area (Å²) < 4.78 is 37.2. The summed E-state index contributed by atoms with van der Waals surface area (Å²) in [5.41, 5.74) is -0.0116. The van der Waals surface area contributed by atoms with Gasteiger partial charge in [-0.3, -0.25) is 0 Å². The van der Waals surface area contributed by atoms with Crippen molar-refractivity contribution in [1.29, 1.82) is 0 Å². The minimum Gasteiger partial charge on any atom is -0.423 e. The van der Waals surface area contributed by atoms with Crippen molar-refractivity contribution >= 4 is 10.0 Å². The maximum Gasteiger partial charge on any atom is 0.246 e. The Morgan fingerprint density at radius 3 is 2.62 bits per heavy atom. The minimum atomic E-state index is -3.29. The molecule has 0 radical (unpaired) electrons. The van der Waals surface area contributed by atoms with Crippen LogP contribution in [-0.4, -0.2) is 48.4 Å². The summed E-state index contributed by atoms with van der Waals surface area (Å²) in [7, 11) is -3.29. The largest absolute Gasteiger partial charge is 0.423 e. The molecule has 1 aromatic rings. The molecule has 120 valence electrons. The summed E-state index contributed by atoms with van der Waals surface area (Å²) in [6, 6.07) is 0. The molecule has 1 atom stereocenters. The number of aryl methyl sites for hydroxylation is 1. The van der Waals surface area contributed by atoms with E-state index in [1.807, 2.05) is 20.8 Å². The van der Waals surface area contributed by atoms with Crippen molar-refractivity contribution in [2.24, 2.45) is 5.41 Å². The third kappa shape index (κ3) is 4.49. The van der Waals surface area contributed by atoms with E-state index in [1.54, 1.807) is 6.92 Å². The second-order valence-corrected chi connectivity index (χ2v) is 8.59. The van der Waals surface area contributed by atoms with Crippen molar-refractivity contribution in [3.63, 3.8) is 0 Å². The molecule has 8 heteroatoms. The summed E-state index contributed by atoms with van der Waals surface area (Å²) >= 11 is 0. The average molecular weight is 317 g/mol. The summed E-state index contributed by atoms with van der Waals surface area (Å²) in [6.45, 7) is 8.73. The van der Waals surface area contributed by atoms with E-state index in [4.69, 9.17) is 9.15 Å². The van der Waals surface area contributed by atoms with E-state index in [9.17, 15) is 8.42 Å². The number of nitrogens with zero attached hydrogens (tertiary/aromatic N) is 3. The highest BCUT2D eigenvalue weighted by Gasteiger charge is 2.33. The summed E-state index contributed by atoms with van der Waals surface area (Å²) in [4.78, 5) is 0. The summed E-state index contributed by atoms with van der Waals surface area (Å²) in [6.07, 6.45) is 0.140. The molecule has 1 saturated heterocycles. The van der Waals surface area contributed by atoms with E-state index >= 15 is 0 Å². The summed E-state index contributed by atoms with van der Waals surface area (Å²) in [5, 5.41) is 7.66. The van der Waals surface area contributed by atoms with Crippen LogP contribution in [0.3, 0.4) is 0 Å². The maximum atomic E-state index is 12.4. The van der Waals surface area contributed by atoms with E-state index in [0.29, 0.717) is 31.4 Å². The van der Waals surface area contributed by atoms with Crippen LogP contribution in [0.15, 0.2) is 4.42 Å². The lowest BCUT2D eigenvalue weighted by atomic mass is 9.94. The number of rotatable bonds is 4. The zero-order valence-corrected chi connectivity index (χ0v) is 13.8. The number of hydrogen-bond acceptors (Lipinski definition) is 6. The predicted molar refractivity (Wildman–Crippen MR) is 77.2 cm³/mol. The topological polar surface area (TPSA) is 85.5 Å². The van der Waals surface area contributed by atoms with Crippen molar-refractivity contribution in [3.05, 3.63) is 11.8 Å². The van der Waals surface area contributed by atoms with Gasteiger partial charge in [-0.1, -0.05) is 20.8 Å². The van der Waals surface area contributed by atoms with Crippen LogP contribution in [0.25, 0.3) is 0 Å². The van der Waals surface area contributed by atoms with Gasteiger partial charge < -0.3 is 9.15 Å². The molecule has 1 aromatic heterocycles. The van der Waals surface area contributed by atoms with E-state index in [-0.39, 0.29) is 17.7 Å². The molecule has 1 fully saturated rings. The first kappa shape index (κ1) is 16.4. The monoisotopic (exact) mass is 317 g/mol. The van der Waals surface area contributed by atoms with Gasteiger partial charge in [-0.25, -0.2) is 8.42 Å². The Bertz CT molecular complexity index is 576. The molecule has 21 heavy (non-hydrogen) atoms. The number of hydrogen-bond donors (Lipinski definition) is 0. The van der Waals surface area contributed by atoms with E-state index < -0.39 is 16.1 Å². The molecule has 7 nitrogen and oxygen atoms in total. The van der Waals surface area contributed by atoms with Gasteiger partial charge in [-0.2, -0.15) is 4.31 Å². The zero-order valence-electron chi connectivity index (χ0n) is 13.0. The van der Waals surface area contributed by atoms with Crippen LogP contribution in [0.1, 0.15) is 45.1 Å². The highest BCUT2D eigenvalue weighted by molar-refractivity contribution is 7.89. The molecule has 0 aliphatic carbocycles. The van der Waals surface area contributed by atoms with Gasteiger partial charge in [0.25, 0.3) is 0 Å². The highest BCUT2D eigenvalue weighted by atomic mass is 32.2. The molecule has 1 aliphatic heterocycles. The second-order valence-electron chi connectivity index (χ2n) is 6.50. The molecule has 2 heterocycles. The predicted octanol–water partition coefficient (Wildman–Crippen LogP) is 1.52. The molecule has 0 spiro atoms. The van der Waals surface area contributed by atoms with Crippen molar-refractivity contribution in [2.75, 3.05) is 25.4 Å². The molecule has 1 aliphatic rings. The van der Waals surface area contributed by atoms with Crippen LogP contribution in [0, 0.1) is 12.3 Å². The van der Waals surface area contributed by atoms with Crippen molar-refractivity contribution in [1.82, 2.24) is 14.5 Å². The Morgan fingerprint density at radius 2 is 2.05 bits per heavy atom. The maximum absolute atomic E-state index is 12.4. The Kier molecular flexibility index (Phi) is 4.69. The van der Waals surface area contributed by atoms with Gasteiger partial charge in [0, 0.05) is 20.0 Å². The van der Waals surface area contributed by atoms with E-state index in [0.717, 1.165) is 0 Å². The molecule has 2 rings (SSSR count). The first-order valence-electron chi connectivity index (χ1n) is 7.07. The van der Waals surface area contributed by atoms with Crippen LogP contribution in [-0.2, 0) is 14.8 Å². The van der Waals surface area contributed by atoms with E-state index in [1.165, 1.54) is 4.31 Å². The first-order valence-corrected chi connectivity index (χ1v) is 8.68. The standard InChI is InChI=1S/C13H23N3O4S/c1-10-14-15-12(20-10)11-9-16(6-7-19-11)21(17,18)8-5-13(2,3)4/h11H,5-9H2,1-4H3/t11-/m1/s1. The molecule has 0 aromatic carbocycles. The lowest BCUT2D eigenvalue weighted by molar-refractivity contribution is -0.0177. The molecular weight excluding hydrogens is 294 g/mol. The van der Waals surface area contributed by atoms with Crippen molar-refractivity contribution in [3.8, 4) is 0 Å². The molecule has 0 N–H and O–H groups in total. The van der Waals surface area contributed by atoms with Crippen LogP contribution < -0.4 is 0 Å². The quantitative estimate of drug-likeness (QED) is 0.837. The third-order valence-electron chi connectivity index (χ3n) is 3.35. The number of ether oxygens (including phenoxy) is 1. The Hall–Kier alpha value is -0.990. The molecule has 0 saturated carbocycles. The van der Waals surface area contributed by atoms with Crippen molar-refractivity contribution < 1.29 is 17.6 Å². The van der Waals surface area contributed by atoms with Gasteiger partial charge >= 0.3 is 0 Å². The number of morpholine rings is 1. The van der Waals surface area contributed by atoms with Crippen LogP contribution in [0.5, 0.6) is 0 Å². The van der Waals surface area contributed by atoms with E-state index in [2.05, 4.69) is 10.2 Å². The lowest BCUT2D eigenvalue weighted by Gasteiger charge is -2.31. The van der Waals surface area contributed by atoms with Gasteiger partial charge in [0.15, 0.2) is 0 Å². The molecular formula is C13H23N3O4S. The fourth-order valence-corrected chi connectivity index (χ4v) is 3.88. The summed E-state index contributed by atoms with van der Waals surface area (Å²) in [5.74, 6) is 0.927. The lowest BCUT2D eigenvalue weighted by Crippen LogP contribution is -2.43. The van der Waals surface area contributed by atoms with Gasteiger partial charge in [0.2, 0.25) is 21.8 Å². The minimum absolute atomic E-state index is 0.0116. The second kappa shape index (κ2) is 6.02. The van der Waals surface area contributed by atoms with Crippen LogP contribution in [0.4, 0.5) is 0 Å². The van der Waals surface area contributed by atoms with Gasteiger partial charge in [-0.15, -0.1) is 10.2 Å². The van der Waals surface area contributed by atoms with Crippen molar-refractivity contribution in [2.45, 2.75) is 40.2 Å². The van der Waals surface area contributed by atoms with Crippen LogP contribution >= 0.6 is 0 Å². The normalized spacial score (nSPS) is 21.6. The fourth-order valence-electron chi connectivity index (χ4n) is 2.03. The van der Waals surface area contributed by atoms with Gasteiger partial charge in [0.05, 0.1) is 12.4 Å². The van der Waals surface area contributed by atoms with Gasteiger partial charge in [0.1, 0.15) is 6.10 Å². The molecule has 0 bridgehead atoms. The Balaban J connectivity index is 2.03. The fraction of sp³-hybridized carbons (Fsp3) is 0.846. The first-order chi connectivity index (χ1) is 9.67. The zero-order chi connectivity index (χ0) is 15.7. The third-order valence-corrected chi connectivity index (χ3v) is 5.19.